The topological polar surface area (TPSA) is 94.8 Å². The second-order valence-corrected chi connectivity index (χ2v) is 4.73. The Kier molecular flexibility index (Phi) is 2.34. The lowest BCUT2D eigenvalue weighted by Gasteiger charge is -2.16. The maximum Gasteiger partial charge on any atom is 0.190 e. The quantitative estimate of drug-likeness (QED) is 0.682. The van der Waals surface area contributed by atoms with Gasteiger partial charge in [0.05, 0.1) is 10.9 Å². The van der Waals surface area contributed by atoms with E-state index in [1.54, 1.807) is 0 Å². The standard InChI is InChI=1S/C15H10O5/c1-6-2-10(17)13-9(14(6)19)4-7-3-8(16)5-11(18)12(7)15(13)20/h2-5,16,18,20H,1H3. The van der Waals surface area contributed by atoms with E-state index in [0.717, 1.165) is 12.1 Å². The van der Waals surface area contributed by atoms with E-state index in [1.807, 2.05) is 0 Å². The zero-order valence-corrected chi connectivity index (χ0v) is 10.5. The Morgan fingerprint density at radius 1 is 1.00 bits per heavy atom. The van der Waals surface area contributed by atoms with Crippen LogP contribution in [0, 0.1) is 0 Å². The van der Waals surface area contributed by atoms with Crippen molar-refractivity contribution in [1.29, 1.82) is 0 Å². The first-order valence-corrected chi connectivity index (χ1v) is 5.89. The predicted octanol–water partition coefficient (Wildman–Crippen LogP) is 2.28. The smallest absolute Gasteiger partial charge is 0.190 e. The Morgan fingerprint density at radius 3 is 2.40 bits per heavy atom. The molecule has 20 heavy (non-hydrogen) atoms. The van der Waals surface area contributed by atoms with E-state index in [4.69, 9.17) is 0 Å². The number of allylic oxidation sites excluding steroid dienone is 2. The Labute approximate surface area is 113 Å². The maximum atomic E-state index is 12.1. The number of hydrogen-bond donors (Lipinski definition) is 3. The van der Waals surface area contributed by atoms with Crippen LogP contribution >= 0.6 is 0 Å². The van der Waals surface area contributed by atoms with Gasteiger partial charge in [0.1, 0.15) is 17.2 Å². The summed E-state index contributed by atoms with van der Waals surface area (Å²) in [5.74, 6) is -1.84. The second kappa shape index (κ2) is 3.84. The van der Waals surface area contributed by atoms with Crippen molar-refractivity contribution in [2.75, 3.05) is 0 Å². The molecule has 1 aliphatic carbocycles. The van der Waals surface area contributed by atoms with Gasteiger partial charge in [-0.15, -0.1) is 0 Å². The minimum absolute atomic E-state index is 0.0376. The van der Waals surface area contributed by atoms with Crippen molar-refractivity contribution < 1.29 is 24.9 Å². The minimum Gasteiger partial charge on any atom is -0.508 e. The second-order valence-electron chi connectivity index (χ2n) is 4.73. The van der Waals surface area contributed by atoms with E-state index in [1.165, 1.54) is 19.1 Å². The third-order valence-corrected chi connectivity index (χ3v) is 3.37. The molecule has 5 nitrogen and oxygen atoms in total. The highest BCUT2D eigenvalue weighted by Gasteiger charge is 2.28. The van der Waals surface area contributed by atoms with Gasteiger partial charge in [-0.3, -0.25) is 9.59 Å². The van der Waals surface area contributed by atoms with Crippen LogP contribution in [-0.4, -0.2) is 26.9 Å². The van der Waals surface area contributed by atoms with Gasteiger partial charge < -0.3 is 15.3 Å². The van der Waals surface area contributed by atoms with E-state index < -0.39 is 11.5 Å². The third kappa shape index (κ3) is 1.50. The van der Waals surface area contributed by atoms with E-state index in [0.29, 0.717) is 0 Å². The van der Waals surface area contributed by atoms with E-state index in [-0.39, 0.29) is 44.8 Å². The van der Waals surface area contributed by atoms with Crippen molar-refractivity contribution in [2.45, 2.75) is 6.92 Å². The third-order valence-electron chi connectivity index (χ3n) is 3.37. The van der Waals surface area contributed by atoms with Gasteiger partial charge in [-0.1, -0.05) is 0 Å². The zero-order chi connectivity index (χ0) is 14.6. The van der Waals surface area contributed by atoms with Gasteiger partial charge in [0, 0.05) is 17.2 Å². The molecule has 0 spiro atoms. The summed E-state index contributed by atoms with van der Waals surface area (Å²) in [7, 11) is 0. The molecule has 0 aliphatic heterocycles. The van der Waals surface area contributed by atoms with Crippen LogP contribution in [0.3, 0.4) is 0 Å². The van der Waals surface area contributed by atoms with Gasteiger partial charge in [-0.2, -0.15) is 0 Å². The number of carbonyl (C=O) groups is 2. The van der Waals surface area contributed by atoms with Crippen LogP contribution in [0.25, 0.3) is 10.8 Å². The summed E-state index contributed by atoms with van der Waals surface area (Å²) in [5.41, 5.74) is 0.240. The summed E-state index contributed by atoms with van der Waals surface area (Å²) in [6.07, 6.45) is 1.16. The van der Waals surface area contributed by atoms with Crippen molar-refractivity contribution in [3.63, 3.8) is 0 Å². The summed E-state index contributed by atoms with van der Waals surface area (Å²) in [6.45, 7) is 1.52. The maximum absolute atomic E-state index is 12.1. The Hall–Kier alpha value is -2.82. The number of ketones is 2. The number of aromatic hydroxyl groups is 3. The molecule has 0 saturated carbocycles. The van der Waals surface area contributed by atoms with Crippen molar-refractivity contribution in [3.8, 4) is 17.2 Å². The van der Waals surface area contributed by atoms with Crippen LogP contribution in [0.5, 0.6) is 17.2 Å². The molecule has 5 heteroatoms. The monoisotopic (exact) mass is 270 g/mol. The lowest BCUT2D eigenvalue weighted by molar-refractivity contribution is 0.0982. The summed E-state index contributed by atoms with van der Waals surface area (Å²) >= 11 is 0. The van der Waals surface area contributed by atoms with Crippen molar-refractivity contribution >= 4 is 22.3 Å². The molecular weight excluding hydrogens is 260 g/mol. The Bertz CT molecular complexity index is 830. The molecule has 0 atom stereocenters. The van der Waals surface area contributed by atoms with Crippen LogP contribution in [0.15, 0.2) is 29.8 Å². The van der Waals surface area contributed by atoms with Gasteiger partial charge in [-0.25, -0.2) is 0 Å². The molecule has 0 saturated heterocycles. The number of hydrogen-bond acceptors (Lipinski definition) is 5. The number of phenolic OH excluding ortho intramolecular Hbond substituents is 3. The predicted molar refractivity (Wildman–Crippen MR) is 71.4 cm³/mol. The average molecular weight is 270 g/mol. The van der Waals surface area contributed by atoms with Crippen LogP contribution in [0.2, 0.25) is 0 Å². The highest BCUT2D eigenvalue weighted by Crippen LogP contribution is 2.41. The number of rotatable bonds is 0. The molecule has 0 heterocycles. The summed E-state index contributed by atoms with van der Waals surface area (Å²) in [4.78, 5) is 24.0. The average Bonchev–Trinajstić information content (AvgIpc) is 2.34. The van der Waals surface area contributed by atoms with E-state index in [9.17, 15) is 24.9 Å². The van der Waals surface area contributed by atoms with Gasteiger partial charge in [-0.05, 0) is 30.5 Å². The molecule has 0 bridgehead atoms. The van der Waals surface area contributed by atoms with Crippen LogP contribution in [0.4, 0.5) is 0 Å². The SMILES string of the molecule is CC1=CC(=O)c2c(cc3cc(O)cc(O)c3c2O)C1=O. The summed E-state index contributed by atoms with van der Waals surface area (Å²) < 4.78 is 0. The fourth-order valence-electron chi connectivity index (χ4n) is 2.46. The van der Waals surface area contributed by atoms with Crippen LogP contribution in [0.1, 0.15) is 27.6 Å². The van der Waals surface area contributed by atoms with Gasteiger partial charge in [0.15, 0.2) is 11.6 Å². The molecule has 0 aromatic heterocycles. The van der Waals surface area contributed by atoms with Crippen LogP contribution < -0.4 is 0 Å². The normalized spacial score (nSPS) is 14.3. The van der Waals surface area contributed by atoms with Gasteiger partial charge in [0.2, 0.25) is 0 Å². The largest absolute Gasteiger partial charge is 0.508 e. The molecule has 3 rings (SSSR count). The molecule has 0 unspecified atom stereocenters. The molecule has 0 radical (unpaired) electrons. The zero-order valence-electron chi connectivity index (χ0n) is 10.5. The summed E-state index contributed by atoms with van der Waals surface area (Å²) in [5, 5.41) is 29.8. The molecule has 2 aromatic rings. The fourth-order valence-corrected chi connectivity index (χ4v) is 2.46. The summed E-state index contributed by atoms with van der Waals surface area (Å²) in [6, 6.07) is 3.76. The highest BCUT2D eigenvalue weighted by molar-refractivity contribution is 6.27. The number of benzene rings is 2. The van der Waals surface area contributed by atoms with E-state index in [2.05, 4.69) is 0 Å². The molecule has 2 aromatic carbocycles. The molecule has 0 amide bonds. The number of phenols is 3. The van der Waals surface area contributed by atoms with E-state index >= 15 is 0 Å². The Balaban J connectivity index is 2.49. The number of carbonyl (C=O) groups excluding carboxylic acids is 2. The van der Waals surface area contributed by atoms with Crippen molar-refractivity contribution in [2.24, 2.45) is 0 Å². The number of fused-ring (bicyclic) bond motifs is 2. The van der Waals surface area contributed by atoms with Crippen LogP contribution in [-0.2, 0) is 0 Å². The first-order chi connectivity index (χ1) is 9.40. The van der Waals surface area contributed by atoms with Crippen molar-refractivity contribution in [1.82, 2.24) is 0 Å². The van der Waals surface area contributed by atoms with Gasteiger partial charge >= 0.3 is 0 Å². The molecule has 0 fully saturated rings. The lowest BCUT2D eigenvalue weighted by atomic mass is 9.87. The molecule has 100 valence electrons. The Morgan fingerprint density at radius 2 is 1.70 bits per heavy atom. The number of Topliss-reactive ketones (excluding diaryl/α,β-unsaturated/α-hetero) is 1. The first kappa shape index (κ1) is 12.2. The van der Waals surface area contributed by atoms with Gasteiger partial charge in [0.25, 0.3) is 0 Å². The lowest BCUT2D eigenvalue weighted by Crippen LogP contribution is -2.15. The molecule has 3 N–H and O–H groups in total. The van der Waals surface area contributed by atoms with Crippen molar-refractivity contribution in [3.05, 3.63) is 41.0 Å². The molecule has 1 aliphatic rings. The highest BCUT2D eigenvalue weighted by atomic mass is 16.3. The first-order valence-electron chi connectivity index (χ1n) is 5.89. The molecular formula is C15H10O5. The minimum atomic E-state index is -0.482. The fraction of sp³-hybridized carbons (Fsp3) is 0.0667.